The van der Waals surface area contributed by atoms with Crippen molar-refractivity contribution in [1.82, 2.24) is 19.9 Å². The van der Waals surface area contributed by atoms with Crippen LogP contribution in [0.25, 0.3) is 5.65 Å². The average Bonchev–Trinajstić information content (AvgIpc) is 2.89. The molecule has 0 atom stereocenters. The lowest BCUT2D eigenvalue weighted by molar-refractivity contribution is 0.0952. The summed E-state index contributed by atoms with van der Waals surface area (Å²) in [5.74, 6) is -0.146. The molecule has 5 nitrogen and oxygen atoms in total. The monoisotopic (exact) mass is 328 g/mol. The fourth-order valence-corrected chi connectivity index (χ4v) is 2.71. The Balaban J connectivity index is 1.69. The molecule has 0 spiro atoms. The highest BCUT2D eigenvalue weighted by molar-refractivity contribution is 6.30. The van der Waals surface area contributed by atoms with Gasteiger partial charge in [-0.2, -0.15) is 5.10 Å². The number of nitrogens with one attached hydrogen (secondary N) is 1. The van der Waals surface area contributed by atoms with Crippen molar-refractivity contribution in [2.45, 2.75) is 20.3 Å². The highest BCUT2D eigenvalue weighted by Gasteiger charge is 2.13. The van der Waals surface area contributed by atoms with Crippen LogP contribution in [0.2, 0.25) is 5.02 Å². The Hall–Kier alpha value is -2.40. The van der Waals surface area contributed by atoms with Crippen LogP contribution in [0.1, 0.15) is 27.3 Å². The van der Waals surface area contributed by atoms with Crippen molar-refractivity contribution in [3.63, 3.8) is 0 Å². The third kappa shape index (κ3) is 3.35. The van der Waals surface area contributed by atoms with Gasteiger partial charge in [-0.05, 0) is 38.0 Å². The summed E-state index contributed by atoms with van der Waals surface area (Å²) in [7, 11) is 0. The Kier molecular flexibility index (Phi) is 4.30. The van der Waals surface area contributed by atoms with Gasteiger partial charge in [-0.15, -0.1) is 0 Å². The molecule has 0 radical (unpaired) electrons. The van der Waals surface area contributed by atoms with Crippen LogP contribution in [0.3, 0.4) is 0 Å². The van der Waals surface area contributed by atoms with Crippen molar-refractivity contribution in [2.24, 2.45) is 0 Å². The second-order valence-electron chi connectivity index (χ2n) is 5.45. The SMILES string of the molecule is Cc1cc2ncc(C(=O)NCCc3cccc(Cl)c3)c(C)n2n1. The zero-order chi connectivity index (χ0) is 16.4. The molecule has 0 aliphatic carbocycles. The molecule has 0 saturated carbocycles. The highest BCUT2D eigenvalue weighted by atomic mass is 35.5. The molecule has 23 heavy (non-hydrogen) atoms. The van der Waals surface area contributed by atoms with Crippen molar-refractivity contribution in [1.29, 1.82) is 0 Å². The summed E-state index contributed by atoms with van der Waals surface area (Å²) in [5, 5.41) is 7.97. The quantitative estimate of drug-likeness (QED) is 0.801. The lowest BCUT2D eigenvalue weighted by Crippen LogP contribution is -2.27. The Bertz CT molecular complexity index is 872. The lowest BCUT2D eigenvalue weighted by Gasteiger charge is -2.08. The van der Waals surface area contributed by atoms with E-state index in [0.717, 1.165) is 29.0 Å². The molecule has 118 valence electrons. The summed E-state index contributed by atoms with van der Waals surface area (Å²) < 4.78 is 1.70. The molecular formula is C17H17ClN4O. The van der Waals surface area contributed by atoms with Crippen molar-refractivity contribution < 1.29 is 4.79 Å². The summed E-state index contributed by atoms with van der Waals surface area (Å²) in [6.45, 7) is 4.31. The highest BCUT2D eigenvalue weighted by Crippen LogP contribution is 2.12. The van der Waals surface area contributed by atoms with Crippen LogP contribution >= 0.6 is 11.6 Å². The molecule has 0 saturated heterocycles. The molecule has 1 amide bonds. The minimum Gasteiger partial charge on any atom is -0.352 e. The molecule has 0 fully saturated rings. The van der Waals surface area contributed by atoms with Crippen LogP contribution in [0.5, 0.6) is 0 Å². The molecule has 1 N–H and O–H groups in total. The lowest BCUT2D eigenvalue weighted by atomic mass is 10.1. The average molecular weight is 329 g/mol. The second kappa shape index (κ2) is 6.38. The molecule has 3 aromatic rings. The van der Waals surface area contributed by atoms with E-state index in [1.165, 1.54) is 0 Å². The van der Waals surface area contributed by atoms with Gasteiger partial charge < -0.3 is 5.32 Å². The molecule has 3 rings (SSSR count). The largest absolute Gasteiger partial charge is 0.352 e. The van der Waals surface area contributed by atoms with Gasteiger partial charge in [-0.1, -0.05) is 23.7 Å². The summed E-state index contributed by atoms with van der Waals surface area (Å²) >= 11 is 5.96. The molecular weight excluding hydrogens is 312 g/mol. The number of benzene rings is 1. The molecule has 2 aromatic heterocycles. The smallest absolute Gasteiger partial charge is 0.254 e. The number of carbonyl (C=O) groups excluding carboxylic acids is 1. The van der Waals surface area contributed by atoms with Gasteiger partial charge in [0.2, 0.25) is 0 Å². The van der Waals surface area contributed by atoms with E-state index < -0.39 is 0 Å². The van der Waals surface area contributed by atoms with Gasteiger partial charge >= 0.3 is 0 Å². The van der Waals surface area contributed by atoms with Gasteiger partial charge in [0.25, 0.3) is 5.91 Å². The first-order valence-electron chi connectivity index (χ1n) is 7.39. The molecule has 1 aromatic carbocycles. The van der Waals surface area contributed by atoms with Crippen LogP contribution in [-0.2, 0) is 6.42 Å². The number of aryl methyl sites for hydroxylation is 2. The molecule has 0 aliphatic rings. The number of rotatable bonds is 4. The van der Waals surface area contributed by atoms with E-state index in [2.05, 4.69) is 15.4 Å². The number of hydrogen-bond acceptors (Lipinski definition) is 3. The fraction of sp³-hybridized carbons (Fsp3) is 0.235. The maximum absolute atomic E-state index is 12.4. The normalized spacial score (nSPS) is 10.9. The summed E-state index contributed by atoms with van der Waals surface area (Å²) in [6.07, 6.45) is 2.32. The third-order valence-electron chi connectivity index (χ3n) is 3.68. The Labute approximate surface area is 139 Å². The summed E-state index contributed by atoms with van der Waals surface area (Å²) in [6, 6.07) is 9.51. The van der Waals surface area contributed by atoms with Crippen LogP contribution in [0.4, 0.5) is 0 Å². The van der Waals surface area contributed by atoms with Gasteiger partial charge in [0.05, 0.1) is 17.0 Å². The molecule has 0 aliphatic heterocycles. The number of halogens is 1. The van der Waals surface area contributed by atoms with Crippen molar-refractivity contribution in [3.8, 4) is 0 Å². The third-order valence-corrected chi connectivity index (χ3v) is 3.91. The number of carbonyl (C=O) groups is 1. The topological polar surface area (TPSA) is 59.3 Å². The Morgan fingerprint density at radius 3 is 2.91 bits per heavy atom. The Morgan fingerprint density at radius 2 is 2.13 bits per heavy atom. The zero-order valence-corrected chi connectivity index (χ0v) is 13.8. The number of aromatic nitrogens is 3. The zero-order valence-electron chi connectivity index (χ0n) is 13.0. The van der Waals surface area contributed by atoms with Gasteiger partial charge in [-0.3, -0.25) is 4.79 Å². The molecule has 0 unspecified atom stereocenters. The molecule has 0 bridgehead atoms. The number of amides is 1. The van der Waals surface area contributed by atoms with Gasteiger partial charge in [0, 0.05) is 23.8 Å². The first-order chi connectivity index (χ1) is 11.0. The van der Waals surface area contributed by atoms with Crippen molar-refractivity contribution in [2.75, 3.05) is 6.54 Å². The minimum absolute atomic E-state index is 0.146. The van der Waals surface area contributed by atoms with Crippen LogP contribution in [-0.4, -0.2) is 27.0 Å². The van der Waals surface area contributed by atoms with Crippen LogP contribution in [0.15, 0.2) is 36.5 Å². The first kappa shape index (κ1) is 15.5. The van der Waals surface area contributed by atoms with E-state index >= 15 is 0 Å². The first-order valence-corrected chi connectivity index (χ1v) is 7.77. The van der Waals surface area contributed by atoms with Gasteiger partial charge in [-0.25, -0.2) is 9.50 Å². The minimum atomic E-state index is -0.146. The van der Waals surface area contributed by atoms with Crippen LogP contribution < -0.4 is 5.32 Å². The van der Waals surface area contributed by atoms with E-state index in [9.17, 15) is 4.79 Å². The predicted octanol–water partition coefficient (Wildman–Crippen LogP) is 2.97. The number of fused-ring (bicyclic) bond motifs is 1. The number of hydrogen-bond donors (Lipinski definition) is 1. The van der Waals surface area contributed by atoms with Crippen LogP contribution in [0, 0.1) is 13.8 Å². The molecule has 6 heteroatoms. The van der Waals surface area contributed by atoms with Crippen molar-refractivity contribution in [3.05, 3.63) is 64.1 Å². The summed E-state index contributed by atoms with van der Waals surface area (Å²) in [4.78, 5) is 16.6. The van der Waals surface area contributed by atoms with E-state index in [-0.39, 0.29) is 5.91 Å². The maximum atomic E-state index is 12.4. The van der Waals surface area contributed by atoms with Crippen molar-refractivity contribution >= 4 is 23.2 Å². The fourth-order valence-electron chi connectivity index (χ4n) is 2.49. The maximum Gasteiger partial charge on any atom is 0.254 e. The van der Waals surface area contributed by atoms with Gasteiger partial charge in [0.1, 0.15) is 0 Å². The van der Waals surface area contributed by atoms with E-state index in [4.69, 9.17) is 11.6 Å². The summed E-state index contributed by atoms with van der Waals surface area (Å²) in [5.41, 5.74) is 4.02. The standard InChI is InChI=1S/C17H17ClN4O/c1-11-8-16-20-10-15(12(2)22(16)21-11)17(23)19-7-6-13-4-3-5-14(18)9-13/h3-5,8-10H,6-7H2,1-2H3,(H,19,23). The predicted molar refractivity (Wildman–Crippen MR) is 90.0 cm³/mol. The molecule has 2 heterocycles. The Morgan fingerprint density at radius 1 is 1.30 bits per heavy atom. The van der Waals surface area contributed by atoms with E-state index in [1.54, 1.807) is 10.7 Å². The van der Waals surface area contributed by atoms with E-state index in [1.807, 2.05) is 44.2 Å². The number of nitrogens with zero attached hydrogens (tertiary/aromatic N) is 3. The van der Waals surface area contributed by atoms with Gasteiger partial charge in [0.15, 0.2) is 5.65 Å². The van der Waals surface area contributed by atoms with E-state index in [0.29, 0.717) is 17.1 Å². The second-order valence-corrected chi connectivity index (χ2v) is 5.89.